The maximum absolute atomic E-state index is 13.8. The summed E-state index contributed by atoms with van der Waals surface area (Å²) in [6.07, 6.45) is 2.20. The van der Waals surface area contributed by atoms with Crippen LogP contribution in [0.25, 0.3) is 0 Å². The van der Waals surface area contributed by atoms with Gasteiger partial charge in [-0.15, -0.1) is 0 Å². The maximum Gasteiger partial charge on any atom is 0.247 e. The van der Waals surface area contributed by atoms with E-state index in [0.29, 0.717) is 25.1 Å². The molecule has 3 heterocycles. The molecular formula is C14H17F2N3O. The first-order valence-electron chi connectivity index (χ1n) is 6.76. The standard InChI is InChI=1S/C14H17F2N3O/c1-9(15)14(2)8-18-4-3-12(19(18)13(14)20)10-5-11(16)7-17-6-10/h5-7,9,12H,3-4,8H2,1-2H3/t9?,12-,14-/m0/s1. The van der Waals surface area contributed by atoms with Gasteiger partial charge in [-0.05, 0) is 31.9 Å². The summed E-state index contributed by atoms with van der Waals surface area (Å²) in [6, 6.07) is 1.15. The van der Waals surface area contributed by atoms with Crippen molar-refractivity contribution >= 4 is 5.91 Å². The minimum atomic E-state index is -1.22. The van der Waals surface area contributed by atoms with Crippen LogP contribution in [0.4, 0.5) is 8.78 Å². The van der Waals surface area contributed by atoms with E-state index in [1.54, 1.807) is 18.1 Å². The molecule has 0 radical (unpaired) electrons. The molecule has 1 amide bonds. The van der Waals surface area contributed by atoms with Crippen molar-refractivity contribution in [3.05, 3.63) is 29.8 Å². The van der Waals surface area contributed by atoms with Crippen LogP contribution in [0.3, 0.4) is 0 Å². The largest absolute Gasteiger partial charge is 0.273 e. The molecule has 0 spiro atoms. The number of amides is 1. The van der Waals surface area contributed by atoms with Crippen molar-refractivity contribution in [3.8, 4) is 0 Å². The second-order valence-electron chi connectivity index (χ2n) is 5.81. The average Bonchev–Trinajstić information content (AvgIpc) is 2.90. The molecule has 108 valence electrons. The van der Waals surface area contributed by atoms with Crippen LogP contribution >= 0.6 is 0 Å². The quantitative estimate of drug-likeness (QED) is 0.833. The average molecular weight is 281 g/mol. The number of alkyl halides is 1. The van der Waals surface area contributed by atoms with E-state index in [1.807, 2.05) is 5.01 Å². The van der Waals surface area contributed by atoms with Crippen molar-refractivity contribution in [2.24, 2.45) is 5.41 Å². The highest BCUT2D eigenvalue weighted by Gasteiger charge is 2.55. The van der Waals surface area contributed by atoms with Gasteiger partial charge in [0.1, 0.15) is 12.0 Å². The zero-order chi connectivity index (χ0) is 14.5. The first kappa shape index (κ1) is 13.4. The SMILES string of the molecule is CC(F)[C@]1(C)CN2CC[C@@H](c3cncc(F)c3)N2C1=O. The predicted molar refractivity (Wildman–Crippen MR) is 68.6 cm³/mol. The van der Waals surface area contributed by atoms with Crippen molar-refractivity contribution in [1.82, 2.24) is 15.0 Å². The zero-order valence-corrected chi connectivity index (χ0v) is 11.5. The van der Waals surface area contributed by atoms with Crippen LogP contribution in [0.1, 0.15) is 31.9 Å². The molecule has 0 aliphatic carbocycles. The minimum Gasteiger partial charge on any atom is -0.273 e. The fraction of sp³-hybridized carbons (Fsp3) is 0.571. The molecule has 6 heteroatoms. The number of hydrazine groups is 1. The monoisotopic (exact) mass is 281 g/mol. The van der Waals surface area contributed by atoms with E-state index in [4.69, 9.17) is 0 Å². The maximum atomic E-state index is 13.8. The van der Waals surface area contributed by atoms with Crippen molar-refractivity contribution in [2.45, 2.75) is 32.5 Å². The summed E-state index contributed by atoms with van der Waals surface area (Å²) in [5.74, 6) is -0.645. The minimum absolute atomic E-state index is 0.223. The van der Waals surface area contributed by atoms with Gasteiger partial charge >= 0.3 is 0 Å². The van der Waals surface area contributed by atoms with E-state index in [-0.39, 0.29) is 11.9 Å². The number of pyridine rings is 1. The Labute approximate surface area is 116 Å². The molecule has 3 atom stereocenters. The van der Waals surface area contributed by atoms with E-state index >= 15 is 0 Å². The Kier molecular flexibility index (Phi) is 3.01. The lowest BCUT2D eigenvalue weighted by Gasteiger charge is -2.27. The van der Waals surface area contributed by atoms with Gasteiger partial charge in [0.15, 0.2) is 0 Å². The summed E-state index contributed by atoms with van der Waals surface area (Å²) in [6.45, 7) is 4.12. The van der Waals surface area contributed by atoms with Gasteiger partial charge in [0, 0.05) is 19.3 Å². The van der Waals surface area contributed by atoms with Gasteiger partial charge in [-0.2, -0.15) is 0 Å². The Morgan fingerprint density at radius 2 is 2.25 bits per heavy atom. The number of halogens is 2. The number of rotatable bonds is 2. The highest BCUT2D eigenvalue weighted by atomic mass is 19.1. The van der Waals surface area contributed by atoms with Gasteiger partial charge in [-0.25, -0.2) is 13.8 Å². The molecule has 20 heavy (non-hydrogen) atoms. The molecular weight excluding hydrogens is 264 g/mol. The molecule has 1 aromatic rings. The van der Waals surface area contributed by atoms with Crippen LogP contribution in [-0.4, -0.2) is 40.2 Å². The van der Waals surface area contributed by atoms with Crippen LogP contribution in [-0.2, 0) is 4.79 Å². The number of fused-ring (bicyclic) bond motifs is 1. The van der Waals surface area contributed by atoms with Crippen molar-refractivity contribution < 1.29 is 13.6 Å². The van der Waals surface area contributed by atoms with E-state index in [0.717, 1.165) is 6.20 Å². The highest BCUT2D eigenvalue weighted by Crippen LogP contribution is 2.44. The first-order chi connectivity index (χ1) is 9.43. The summed E-state index contributed by atoms with van der Waals surface area (Å²) in [5.41, 5.74) is -0.351. The lowest BCUT2D eigenvalue weighted by molar-refractivity contribution is -0.144. The smallest absolute Gasteiger partial charge is 0.247 e. The summed E-state index contributed by atoms with van der Waals surface area (Å²) >= 11 is 0. The molecule has 2 aliphatic rings. The van der Waals surface area contributed by atoms with Crippen LogP contribution < -0.4 is 0 Å². The number of aromatic nitrogens is 1. The van der Waals surface area contributed by atoms with E-state index in [9.17, 15) is 13.6 Å². The Hall–Kier alpha value is -1.56. The van der Waals surface area contributed by atoms with Crippen molar-refractivity contribution in [1.29, 1.82) is 0 Å². The summed E-state index contributed by atoms with van der Waals surface area (Å²) in [5, 5.41) is 3.46. The summed E-state index contributed by atoms with van der Waals surface area (Å²) < 4.78 is 27.1. The normalized spacial score (nSPS) is 31.7. The third kappa shape index (κ3) is 1.82. The fourth-order valence-electron chi connectivity index (χ4n) is 3.05. The number of carbonyl (C=O) groups is 1. The molecule has 2 aliphatic heterocycles. The highest BCUT2D eigenvalue weighted by molar-refractivity contribution is 5.85. The van der Waals surface area contributed by atoms with Crippen LogP contribution in [0.15, 0.2) is 18.5 Å². The van der Waals surface area contributed by atoms with Gasteiger partial charge in [-0.1, -0.05) is 0 Å². The number of nitrogens with zero attached hydrogens (tertiary/aromatic N) is 3. The zero-order valence-electron chi connectivity index (χ0n) is 11.5. The van der Waals surface area contributed by atoms with Gasteiger partial charge < -0.3 is 0 Å². The number of hydrogen-bond donors (Lipinski definition) is 0. The molecule has 0 saturated carbocycles. The van der Waals surface area contributed by atoms with E-state index < -0.39 is 17.4 Å². The molecule has 0 bridgehead atoms. The lowest BCUT2D eigenvalue weighted by Crippen LogP contribution is -2.40. The fourth-order valence-corrected chi connectivity index (χ4v) is 3.05. The molecule has 2 fully saturated rings. The van der Waals surface area contributed by atoms with Crippen LogP contribution in [0, 0.1) is 11.2 Å². The van der Waals surface area contributed by atoms with Gasteiger partial charge in [0.25, 0.3) is 0 Å². The second-order valence-corrected chi connectivity index (χ2v) is 5.81. The Morgan fingerprint density at radius 1 is 1.50 bits per heavy atom. The molecule has 4 nitrogen and oxygen atoms in total. The van der Waals surface area contributed by atoms with Crippen molar-refractivity contribution in [2.75, 3.05) is 13.1 Å². The van der Waals surface area contributed by atoms with Crippen molar-refractivity contribution in [3.63, 3.8) is 0 Å². The van der Waals surface area contributed by atoms with E-state index in [2.05, 4.69) is 4.98 Å². The lowest BCUT2D eigenvalue weighted by atomic mass is 9.85. The molecule has 3 rings (SSSR count). The topological polar surface area (TPSA) is 36.4 Å². The van der Waals surface area contributed by atoms with Crippen LogP contribution in [0.2, 0.25) is 0 Å². The third-order valence-electron chi connectivity index (χ3n) is 4.46. The third-order valence-corrected chi connectivity index (χ3v) is 4.46. The van der Waals surface area contributed by atoms with Gasteiger partial charge in [0.2, 0.25) is 5.91 Å². The summed E-state index contributed by atoms with van der Waals surface area (Å²) in [4.78, 5) is 16.4. The molecule has 2 saturated heterocycles. The molecule has 1 aromatic heterocycles. The van der Waals surface area contributed by atoms with E-state index in [1.165, 1.54) is 13.0 Å². The molecule has 0 N–H and O–H groups in total. The summed E-state index contributed by atoms with van der Waals surface area (Å²) in [7, 11) is 0. The van der Waals surface area contributed by atoms with Crippen LogP contribution in [0.5, 0.6) is 0 Å². The molecule has 1 unspecified atom stereocenters. The number of carbonyl (C=O) groups excluding carboxylic acids is 1. The Bertz CT molecular complexity index is 551. The van der Waals surface area contributed by atoms with Gasteiger partial charge in [0.05, 0.1) is 17.7 Å². The predicted octanol–water partition coefficient (Wildman–Crippen LogP) is 2.09. The second kappa shape index (κ2) is 4.48. The van der Waals surface area contributed by atoms with Gasteiger partial charge in [-0.3, -0.25) is 14.8 Å². The first-order valence-corrected chi connectivity index (χ1v) is 6.76. The number of hydrogen-bond acceptors (Lipinski definition) is 3. The Balaban J connectivity index is 1.93. The molecule has 0 aromatic carbocycles. The Morgan fingerprint density at radius 3 is 2.90 bits per heavy atom.